The molecule has 0 aliphatic carbocycles. The van der Waals surface area contributed by atoms with Gasteiger partial charge < -0.3 is 4.74 Å². The Kier molecular flexibility index (Phi) is 2.62. The predicted octanol–water partition coefficient (Wildman–Crippen LogP) is 3.12. The summed E-state index contributed by atoms with van der Waals surface area (Å²) in [5, 5.41) is 3.43. The van der Waals surface area contributed by atoms with Crippen LogP contribution in [0.25, 0.3) is 0 Å². The molecule has 0 radical (unpaired) electrons. The van der Waals surface area contributed by atoms with Crippen LogP contribution < -0.4 is 0 Å². The Bertz CT molecular complexity index is 319. The van der Waals surface area contributed by atoms with Gasteiger partial charge in [0, 0.05) is 23.6 Å². The van der Waals surface area contributed by atoms with Crippen molar-refractivity contribution < 1.29 is 4.74 Å². The number of hydrogen-bond acceptors (Lipinski definition) is 3. The van der Waals surface area contributed by atoms with Gasteiger partial charge in [-0.15, -0.1) is 11.3 Å². The molecule has 3 heteroatoms. The fourth-order valence-corrected chi connectivity index (χ4v) is 2.94. The van der Waals surface area contributed by atoms with Crippen LogP contribution >= 0.6 is 11.3 Å². The second kappa shape index (κ2) is 3.63. The Morgan fingerprint density at radius 3 is 2.93 bits per heavy atom. The van der Waals surface area contributed by atoms with Gasteiger partial charge in [0.25, 0.3) is 0 Å². The van der Waals surface area contributed by atoms with E-state index in [0.29, 0.717) is 5.92 Å². The Hall–Kier alpha value is -0.410. The van der Waals surface area contributed by atoms with Gasteiger partial charge in [-0.05, 0) is 33.6 Å². The molecule has 78 valence electrons. The van der Waals surface area contributed by atoms with Crippen LogP contribution in [0.4, 0.5) is 0 Å². The first-order valence-corrected chi connectivity index (χ1v) is 6.01. The average Bonchev–Trinajstić information content (AvgIpc) is 2.50. The highest BCUT2D eigenvalue weighted by atomic mass is 32.1. The van der Waals surface area contributed by atoms with Gasteiger partial charge in [-0.25, -0.2) is 4.98 Å². The number of nitrogens with zero attached hydrogens (tertiary/aromatic N) is 1. The van der Waals surface area contributed by atoms with Gasteiger partial charge >= 0.3 is 0 Å². The van der Waals surface area contributed by atoms with E-state index >= 15 is 0 Å². The lowest BCUT2D eigenvalue weighted by Crippen LogP contribution is -2.32. The molecule has 1 aromatic rings. The molecule has 1 fully saturated rings. The summed E-state index contributed by atoms with van der Waals surface area (Å²) < 4.78 is 5.70. The molecular weight excluding hydrogens is 194 g/mol. The third-order valence-corrected chi connectivity index (χ3v) is 3.81. The van der Waals surface area contributed by atoms with Gasteiger partial charge in [0.15, 0.2) is 0 Å². The van der Waals surface area contributed by atoms with Crippen LogP contribution in [0.2, 0.25) is 0 Å². The van der Waals surface area contributed by atoms with E-state index in [1.807, 2.05) is 0 Å². The summed E-state index contributed by atoms with van der Waals surface area (Å²) in [7, 11) is 0. The maximum atomic E-state index is 5.70. The average molecular weight is 211 g/mol. The molecule has 0 unspecified atom stereocenters. The SMILES string of the molecule is Cc1csc([C@@H]2CCOC(C)(C)C2)n1. The number of hydrogen-bond donors (Lipinski definition) is 0. The van der Waals surface area contributed by atoms with Crippen LogP contribution in [0, 0.1) is 6.92 Å². The van der Waals surface area contributed by atoms with Crippen molar-refractivity contribution in [2.75, 3.05) is 6.61 Å². The van der Waals surface area contributed by atoms with Gasteiger partial charge in [-0.2, -0.15) is 0 Å². The van der Waals surface area contributed by atoms with E-state index in [1.54, 1.807) is 11.3 Å². The summed E-state index contributed by atoms with van der Waals surface area (Å²) >= 11 is 1.79. The molecule has 2 heterocycles. The van der Waals surface area contributed by atoms with Gasteiger partial charge in [0.1, 0.15) is 0 Å². The van der Waals surface area contributed by atoms with Gasteiger partial charge in [-0.3, -0.25) is 0 Å². The van der Waals surface area contributed by atoms with Crippen molar-refractivity contribution in [1.82, 2.24) is 4.98 Å². The van der Waals surface area contributed by atoms with Gasteiger partial charge in [0.2, 0.25) is 0 Å². The third kappa shape index (κ3) is 2.15. The van der Waals surface area contributed by atoms with Crippen LogP contribution in [-0.2, 0) is 4.74 Å². The summed E-state index contributed by atoms with van der Waals surface area (Å²) in [6.07, 6.45) is 2.22. The highest BCUT2D eigenvalue weighted by Gasteiger charge is 2.30. The molecule has 0 amide bonds. The van der Waals surface area contributed by atoms with E-state index in [4.69, 9.17) is 4.74 Å². The molecule has 1 saturated heterocycles. The summed E-state index contributed by atoms with van der Waals surface area (Å²) in [4.78, 5) is 4.56. The summed E-state index contributed by atoms with van der Waals surface area (Å²) in [6, 6.07) is 0. The minimum atomic E-state index is 0.0302. The largest absolute Gasteiger partial charge is 0.376 e. The Labute approximate surface area is 89.3 Å². The molecule has 0 N–H and O–H groups in total. The Balaban J connectivity index is 2.12. The molecule has 0 aromatic carbocycles. The van der Waals surface area contributed by atoms with Crippen LogP contribution in [-0.4, -0.2) is 17.2 Å². The quantitative estimate of drug-likeness (QED) is 0.712. The smallest absolute Gasteiger partial charge is 0.0961 e. The minimum absolute atomic E-state index is 0.0302. The fraction of sp³-hybridized carbons (Fsp3) is 0.727. The minimum Gasteiger partial charge on any atom is -0.376 e. The summed E-state index contributed by atoms with van der Waals surface area (Å²) in [6.45, 7) is 7.26. The zero-order valence-corrected chi connectivity index (χ0v) is 9.86. The zero-order chi connectivity index (χ0) is 10.2. The molecule has 1 aliphatic heterocycles. The van der Waals surface area contributed by atoms with Crippen molar-refractivity contribution in [3.8, 4) is 0 Å². The van der Waals surface area contributed by atoms with Crippen molar-refractivity contribution in [1.29, 1.82) is 0 Å². The first-order valence-electron chi connectivity index (χ1n) is 5.13. The topological polar surface area (TPSA) is 22.1 Å². The second-order valence-corrected chi connectivity index (χ2v) is 5.51. The van der Waals surface area contributed by atoms with E-state index in [-0.39, 0.29) is 5.60 Å². The standard InChI is InChI=1S/C11H17NOS/c1-8-7-14-10(12-8)9-4-5-13-11(2,3)6-9/h7,9H,4-6H2,1-3H3/t9-/m1/s1. The van der Waals surface area contributed by atoms with E-state index in [9.17, 15) is 0 Å². The van der Waals surface area contributed by atoms with E-state index in [1.165, 1.54) is 5.01 Å². The second-order valence-electron chi connectivity index (χ2n) is 4.63. The lowest BCUT2D eigenvalue weighted by Gasteiger charge is -2.34. The van der Waals surface area contributed by atoms with E-state index in [0.717, 1.165) is 25.1 Å². The van der Waals surface area contributed by atoms with Crippen LogP contribution in [0.3, 0.4) is 0 Å². The Morgan fingerprint density at radius 1 is 1.57 bits per heavy atom. The zero-order valence-electron chi connectivity index (χ0n) is 9.04. The molecule has 0 saturated carbocycles. The predicted molar refractivity (Wildman–Crippen MR) is 58.9 cm³/mol. The highest BCUT2D eigenvalue weighted by molar-refractivity contribution is 7.09. The normalized spacial score (nSPS) is 26.4. The summed E-state index contributed by atoms with van der Waals surface area (Å²) in [5.74, 6) is 0.609. The van der Waals surface area contributed by atoms with Gasteiger partial charge in [0.05, 0.1) is 10.6 Å². The molecule has 0 spiro atoms. The van der Waals surface area contributed by atoms with Crippen LogP contribution in [0.15, 0.2) is 5.38 Å². The van der Waals surface area contributed by atoms with Crippen molar-refractivity contribution in [3.63, 3.8) is 0 Å². The van der Waals surface area contributed by atoms with Crippen LogP contribution in [0.5, 0.6) is 0 Å². The Morgan fingerprint density at radius 2 is 2.36 bits per heavy atom. The molecule has 2 rings (SSSR count). The molecule has 14 heavy (non-hydrogen) atoms. The van der Waals surface area contributed by atoms with Crippen LogP contribution in [0.1, 0.15) is 43.3 Å². The highest BCUT2D eigenvalue weighted by Crippen LogP contribution is 2.36. The monoisotopic (exact) mass is 211 g/mol. The van der Waals surface area contributed by atoms with Crippen molar-refractivity contribution in [2.45, 2.75) is 45.1 Å². The fourth-order valence-electron chi connectivity index (χ4n) is 2.00. The number of thiazole rings is 1. The number of aromatic nitrogens is 1. The maximum Gasteiger partial charge on any atom is 0.0961 e. The third-order valence-electron chi connectivity index (χ3n) is 2.68. The molecule has 0 bridgehead atoms. The lowest BCUT2D eigenvalue weighted by atomic mass is 9.89. The van der Waals surface area contributed by atoms with Crippen molar-refractivity contribution >= 4 is 11.3 Å². The number of rotatable bonds is 1. The van der Waals surface area contributed by atoms with E-state index < -0.39 is 0 Å². The molecule has 1 aliphatic rings. The number of aryl methyl sites for hydroxylation is 1. The summed E-state index contributed by atoms with van der Waals surface area (Å²) in [5.41, 5.74) is 1.18. The molecule has 1 aromatic heterocycles. The first kappa shape index (κ1) is 10.1. The lowest BCUT2D eigenvalue weighted by molar-refractivity contribution is -0.0593. The maximum absolute atomic E-state index is 5.70. The van der Waals surface area contributed by atoms with Crippen molar-refractivity contribution in [3.05, 3.63) is 16.1 Å². The first-order chi connectivity index (χ1) is 6.57. The molecule has 2 nitrogen and oxygen atoms in total. The van der Waals surface area contributed by atoms with Gasteiger partial charge in [-0.1, -0.05) is 0 Å². The molecule has 1 atom stereocenters. The van der Waals surface area contributed by atoms with E-state index in [2.05, 4.69) is 31.1 Å². The van der Waals surface area contributed by atoms with Crippen molar-refractivity contribution in [2.24, 2.45) is 0 Å². The number of ether oxygens (including phenoxy) is 1. The molecular formula is C11H17NOS.